The Bertz CT molecular complexity index is 857. The summed E-state index contributed by atoms with van der Waals surface area (Å²) in [7, 11) is 0. The van der Waals surface area contributed by atoms with Gasteiger partial charge in [0.25, 0.3) is 0 Å². The van der Waals surface area contributed by atoms with E-state index in [2.05, 4.69) is 5.32 Å². The predicted molar refractivity (Wildman–Crippen MR) is 132 cm³/mol. The van der Waals surface area contributed by atoms with Crippen molar-refractivity contribution in [2.45, 2.75) is 45.0 Å². The molecule has 0 fully saturated rings. The van der Waals surface area contributed by atoms with Crippen LogP contribution in [0.2, 0.25) is 15.1 Å². The van der Waals surface area contributed by atoms with E-state index in [-0.39, 0.29) is 24.1 Å². The summed E-state index contributed by atoms with van der Waals surface area (Å²) < 4.78 is 0. The molecule has 0 radical (unpaired) electrons. The first-order valence-corrected chi connectivity index (χ1v) is 12.5. The molecule has 2 aromatic rings. The molecule has 0 unspecified atom stereocenters. The molecule has 0 bridgehead atoms. The Morgan fingerprint density at radius 1 is 1.03 bits per heavy atom. The van der Waals surface area contributed by atoms with Crippen LogP contribution in [0.5, 0.6) is 0 Å². The van der Waals surface area contributed by atoms with E-state index >= 15 is 0 Å². The average molecular weight is 502 g/mol. The number of nitrogens with one attached hydrogen (secondary N) is 1. The van der Waals surface area contributed by atoms with Gasteiger partial charge < -0.3 is 10.2 Å². The van der Waals surface area contributed by atoms with Crippen LogP contribution in [0, 0.1) is 0 Å². The third-order valence-corrected chi connectivity index (χ3v) is 6.68. The van der Waals surface area contributed by atoms with Gasteiger partial charge in [0.05, 0.1) is 5.75 Å². The minimum atomic E-state index is -0.595. The third kappa shape index (κ3) is 7.90. The summed E-state index contributed by atoms with van der Waals surface area (Å²) in [6.07, 6.45) is 1.31. The monoisotopic (exact) mass is 500 g/mol. The number of nitrogens with zero attached hydrogens (tertiary/aromatic N) is 1. The molecule has 1 N–H and O–H groups in total. The molecular formula is C23H27Cl3N2O2S. The van der Waals surface area contributed by atoms with Gasteiger partial charge in [-0.3, -0.25) is 9.59 Å². The molecule has 0 aliphatic carbocycles. The average Bonchev–Trinajstić information content (AvgIpc) is 2.75. The van der Waals surface area contributed by atoms with Gasteiger partial charge in [-0.25, -0.2) is 0 Å². The fourth-order valence-electron chi connectivity index (χ4n) is 3.06. The van der Waals surface area contributed by atoms with Crippen molar-refractivity contribution in [1.82, 2.24) is 10.2 Å². The van der Waals surface area contributed by atoms with Crippen LogP contribution in [-0.4, -0.2) is 35.1 Å². The van der Waals surface area contributed by atoms with Crippen LogP contribution in [-0.2, 0) is 21.9 Å². The van der Waals surface area contributed by atoms with Crippen LogP contribution < -0.4 is 5.32 Å². The minimum Gasteiger partial charge on any atom is -0.354 e. The van der Waals surface area contributed by atoms with Gasteiger partial charge in [-0.2, -0.15) is 0 Å². The SMILES string of the molecule is CCCNC(=O)[C@H](CC)N(Cc1c(Cl)cccc1Cl)C(=O)CSCc1ccc(Cl)cc1. The fourth-order valence-corrected chi connectivity index (χ4v) is 4.57. The summed E-state index contributed by atoms with van der Waals surface area (Å²) in [5.41, 5.74) is 1.72. The molecule has 1 atom stereocenters. The quantitative estimate of drug-likeness (QED) is 0.398. The zero-order valence-electron chi connectivity index (χ0n) is 17.7. The molecule has 2 amide bonds. The molecule has 31 heavy (non-hydrogen) atoms. The first-order valence-electron chi connectivity index (χ1n) is 10.2. The Hall–Kier alpha value is -1.40. The molecule has 8 heteroatoms. The van der Waals surface area contributed by atoms with E-state index < -0.39 is 6.04 Å². The number of hydrogen-bond donors (Lipinski definition) is 1. The molecule has 2 aromatic carbocycles. The maximum atomic E-state index is 13.2. The summed E-state index contributed by atoms with van der Waals surface area (Å²) in [5, 5.41) is 4.53. The zero-order valence-corrected chi connectivity index (χ0v) is 20.8. The lowest BCUT2D eigenvalue weighted by Gasteiger charge is -2.31. The maximum absolute atomic E-state index is 13.2. The second-order valence-electron chi connectivity index (χ2n) is 7.06. The summed E-state index contributed by atoms with van der Waals surface area (Å²) >= 11 is 20.1. The molecule has 2 rings (SSSR count). The number of thioether (sulfide) groups is 1. The summed E-state index contributed by atoms with van der Waals surface area (Å²) in [6, 6.07) is 12.2. The standard InChI is InChI=1S/C23H27Cl3N2O2S/c1-3-12-27-23(30)21(4-2)28(13-18-19(25)6-5-7-20(18)26)22(29)15-31-14-16-8-10-17(24)11-9-16/h5-11,21H,3-4,12-15H2,1-2H3,(H,27,30)/t21-/m0/s1. The van der Waals surface area contributed by atoms with E-state index in [1.165, 1.54) is 11.8 Å². The van der Waals surface area contributed by atoms with E-state index in [9.17, 15) is 9.59 Å². The Morgan fingerprint density at radius 2 is 1.68 bits per heavy atom. The lowest BCUT2D eigenvalue weighted by molar-refractivity contribution is -0.139. The van der Waals surface area contributed by atoms with Gasteiger partial charge in [0, 0.05) is 39.5 Å². The van der Waals surface area contributed by atoms with E-state index in [1.54, 1.807) is 23.1 Å². The second kappa shape index (κ2) is 13.2. The topological polar surface area (TPSA) is 49.4 Å². The Balaban J connectivity index is 2.17. The van der Waals surface area contributed by atoms with Crippen molar-refractivity contribution in [2.75, 3.05) is 12.3 Å². The summed E-state index contributed by atoms with van der Waals surface area (Å²) in [6.45, 7) is 4.62. The number of carbonyl (C=O) groups is 2. The zero-order chi connectivity index (χ0) is 22.8. The molecular weight excluding hydrogens is 475 g/mol. The first kappa shape index (κ1) is 25.9. The number of rotatable bonds is 11. The third-order valence-electron chi connectivity index (χ3n) is 4.73. The van der Waals surface area contributed by atoms with Crippen LogP contribution in [0.25, 0.3) is 0 Å². The highest BCUT2D eigenvalue weighted by atomic mass is 35.5. The van der Waals surface area contributed by atoms with E-state index in [0.717, 1.165) is 12.0 Å². The highest BCUT2D eigenvalue weighted by Gasteiger charge is 2.29. The van der Waals surface area contributed by atoms with Crippen molar-refractivity contribution < 1.29 is 9.59 Å². The normalized spacial score (nSPS) is 11.8. The van der Waals surface area contributed by atoms with Crippen molar-refractivity contribution >= 4 is 58.4 Å². The number of hydrogen-bond acceptors (Lipinski definition) is 3. The van der Waals surface area contributed by atoms with E-state index in [1.807, 2.05) is 38.1 Å². The smallest absolute Gasteiger partial charge is 0.242 e. The van der Waals surface area contributed by atoms with Gasteiger partial charge in [-0.05, 0) is 42.7 Å². The fraction of sp³-hybridized carbons (Fsp3) is 0.391. The van der Waals surface area contributed by atoms with Crippen molar-refractivity contribution in [3.63, 3.8) is 0 Å². The van der Waals surface area contributed by atoms with Gasteiger partial charge >= 0.3 is 0 Å². The van der Waals surface area contributed by atoms with Gasteiger partial charge in [0.15, 0.2) is 0 Å². The van der Waals surface area contributed by atoms with E-state index in [4.69, 9.17) is 34.8 Å². The molecule has 0 aliphatic rings. The highest BCUT2D eigenvalue weighted by Crippen LogP contribution is 2.27. The van der Waals surface area contributed by atoms with Crippen LogP contribution in [0.15, 0.2) is 42.5 Å². The van der Waals surface area contributed by atoms with Crippen molar-refractivity contribution in [2.24, 2.45) is 0 Å². The largest absolute Gasteiger partial charge is 0.354 e. The molecule has 0 spiro atoms. The number of halogens is 3. The minimum absolute atomic E-state index is 0.131. The number of benzene rings is 2. The molecule has 4 nitrogen and oxygen atoms in total. The number of amides is 2. The maximum Gasteiger partial charge on any atom is 0.242 e. The molecule has 0 saturated carbocycles. The van der Waals surface area contributed by atoms with Crippen LogP contribution in [0.1, 0.15) is 37.8 Å². The van der Waals surface area contributed by atoms with Gasteiger partial charge in [-0.1, -0.05) is 66.8 Å². The Labute approximate surface area is 203 Å². The Kier molecular flexibility index (Phi) is 11.0. The number of carbonyl (C=O) groups excluding carboxylic acids is 2. The first-order chi connectivity index (χ1) is 14.9. The van der Waals surface area contributed by atoms with Crippen LogP contribution >= 0.6 is 46.6 Å². The lowest BCUT2D eigenvalue weighted by Crippen LogP contribution is -2.49. The van der Waals surface area contributed by atoms with Crippen molar-refractivity contribution in [3.8, 4) is 0 Å². The predicted octanol–water partition coefficient (Wildman–Crippen LogP) is 6.21. The van der Waals surface area contributed by atoms with Gasteiger partial charge in [0.2, 0.25) is 11.8 Å². The molecule has 168 valence electrons. The molecule has 0 aliphatic heterocycles. The van der Waals surface area contributed by atoms with Gasteiger partial charge in [-0.15, -0.1) is 11.8 Å². The van der Waals surface area contributed by atoms with Crippen molar-refractivity contribution in [1.29, 1.82) is 0 Å². The summed E-state index contributed by atoms with van der Waals surface area (Å²) in [4.78, 5) is 27.6. The van der Waals surface area contributed by atoms with Gasteiger partial charge in [0.1, 0.15) is 6.04 Å². The molecule has 0 aromatic heterocycles. The van der Waals surface area contributed by atoms with Crippen LogP contribution in [0.3, 0.4) is 0 Å². The second-order valence-corrected chi connectivity index (χ2v) is 9.29. The van der Waals surface area contributed by atoms with Crippen molar-refractivity contribution in [3.05, 3.63) is 68.7 Å². The summed E-state index contributed by atoms with van der Waals surface area (Å²) in [5.74, 6) is 0.613. The molecule has 0 saturated heterocycles. The van der Waals surface area contributed by atoms with E-state index in [0.29, 0.717) is 39.3 Å². The lowest BCUT2D eigenvalue weighted by atomic mass is 10.1. The van der Waals surface area contributed by atoms with Crippen LogP contribution in [0.4, 0.5) is 0 Å². The Morgan fingerprint density at radius 3 is 2.26 bits per heavy atom. The highest BCUT2D eigenvalue weighted by molar-refractivity contribution is 7.99. The molecule has 0 heterocycles.